The van der Waals surface area contributed by atoms with Crippen molar-refractivity contribution in [3.05, 3.63) is 30.3 Å². The average molecular weight is 234 g/mol. The number of hydrogen-bond donors (Lipinski definition) is 0. The molecular weight excluding hydrogens is 212 g/mol. The number of likely N-dealkylation sites (N-methyl/N-ethyl adjacent to an activating group) is 2. The minimum absolute atomic E-state index is 0.0148. The van der Waals surface area contributed by atoms with Crippen LogP contribution in [0.3, 0.4) is 0 Å². The number of hydrogen-bond acceptors (Lipinski definition) is 3. The Morgan fingerprint density at radius 1 is 1.18 bits per heavy atom. The Balaban J connectivity index is 2.72. The number of carbonyl (C=O) groups excluding carboxylic acids is 1. The minimum atomic E-state index is -0.0148. The van der Waals surface area contributed by atoms with Crippen molar-refractivity contribution in [2.75, 3.05) is 32.1 Å². The fraction of sp³-hybridized carbons (Fsp3) is 0.500. The van der Waals surface area contributed by atoms with Crippen LogP contribution in [0.1, 0.15) is 13.8 Å². The number of anilines is 1. The zero-order chi connectivity index (χ0) is 12.9. The summed E-state index contributed by atoms with van der Waals surface area (Å²) in [6.45, 7) is 5.69. The molecule has 3 heteroatoms. The van der Waals surface area contributed by atoms with Gasteiger partial charge in [-0.3, -0.25) is 4.90 Å². The van der Waals surface area contributed by atoms with Crippen LogP contribution in [0.2, 0.25) is 0 Å². The van der Waals surface area contributed by atoms with Crippen molar-refractivity contribution in [2.24, 2.45) is 0 Å². The number of aldehydes is 1. The maximum absolute atomic E-state index is 10.5. The summed E-state index contributed by atoms with van der Waals surface area (Å²) < 4.78 is 0. The van der Waals surface area contributed by atoms with E-state index in [1.54, 1.807) is 0 Å². The van der Waals surface area contributed by atoms with E-state index in [2.05, 4.69) is 37.9 Å². The van der Waals surface area contributed by atoms with Crippen LogP contribution < -0.4 is 4.90 Å². The van der Waals surface area contributed by atoms with Crippen molar-refractivity contribution in [1.29, 1.82) is 0 Å². The van der Waals surface area contributed by atoms with Gasteiger partial charge in [0.2, 0.25) is 0 Å². The fourth-order valence-electron chi connectivity index (χ4n) is 1.96. The van der Waals surface area contributed by atoms with E-state index < -0.39 is 0 Å². The molecule has 94 valence electrons. The SMILES string of the molecule is CN(CC=O)CC(C)(C)N(C)c1ccccc1. The second-order valence-corrected chi connectivity index (χ2v) is 5.07. The van der Waals surface area contributed by atoms with E-state index in [0.29, 0.717) is 6.54 Å². The maximum atomic E-state index is 10.5. The Kier molecular flexibility index (Phi) is 4.70. The van der Waals surface area contributed by atoms with Gasteiger partial charge in [0.05, 0.1) is 6.54 Å². The van der Waals surface area contributed by atoms with E-state index in [9.17, 15) is 4.79 Å². The number of rotatable bonds is 6. The Morgan fingerprint density at radius 3 is 2.29 bits per heavy atom. The predicted molar refractivity (Wildman–Crippen MR) is 72.5 cm³/mol. The van der Waals surface area contributed by atoms with Crippen LogP contribution in [0, 0.1) is 0 Å². The topological polar surface area (TPSA) is 23.6 Å². The van der Waals surface area contributed by atoms with Crippen LogP contribution in [0.4, 0.5) is 5.69 Å². The Morgan fingerprint density at radius 2 is 1.76 bits per heavy atom. The molecule has 0 spiro atoms. The third-order valence-electron chi connectivity index (χ3n) is 3.09. The molecule has 1 rings (SSSR count). The van der Waals surface area contributed by atoms with Crippen LogP contribution in [0.5, 0.6) is 0 Å². The minimum Gasteiger partial charge on any atom is -0.368 e. The van der Waals surface area contributed by atoms with E-state index in [0.717, 1.165) is 12.8 Å². The van der Waals surface area contributed by atoms with Gasteiger partial charge in [-0.15, -0.1) is 0 Å². The first-order valence-corrected chi connectivity index (χ1v) is 5.88. The van der Waals surface area contributed by atoms with Gasteiger partial charge >= 0.3 is 0 Å². The molecular formula is C14H22N2O. The average Bonchev–Trinajstić information content (AvgIpc) is 2.28. The van der Waals surface area contributed by atoms with Gasteiger partial charge in [-0.2, -0.15) is 0 Å². The first-order chi connectivity index (χ1) is 7.97. The smallest absolute Gasteiger partial charge is 0.133 e. The van der Waals surface area contributed by atoms with Crippen LogP contribution in [0.25, 0.3) is 0 Å². The van der Waals surface area contributed by atoms with Crippen LogP contribution >= 0.6 is 0 Å². The third-order valence-corrected chi connectivity index (χ3v) is 3.09. The van der Waals surface area contributed by atoms with Gasteiger partial charge in [0.15, 0.2) is 0 Å². The number of para-hydroxylation sites is 1. The van der Waals surface area contributed by atoms with Gasteiger partial charge in [-0.25, -0.2) is 0 Å². The summed E-state index contributed by atoms with van der Waals surface area (Å²) in [5.74, 6) is 0. The van der Waals surface area contributed by atoms with E-state index in [-0.39, 0.29) is 5.54 Å². The summed E-state index contributed by atoms with van der Waals surface area (Å²) in [6.07, 6.45) is 0.943. The van der Waals surface area contributed by atoms with E-state index >= 15 is 0 Å². The fourth-order valence-corrected chi connectivity index (χ4v) is 1.96. The molecule has 0 bridgehead atoms. The quantitative estimate of drug-likeness (QED) is 0.704. The Hall–Kier alpha value is -1.35. The van der Waals surface area contributed by atoms with Crippen molar-refractivity contribution in [1.82, 2.24) is 4.90 Å². The van der Waals surface area contributed by atoms with E-state index in [1.165, 1.54) is 5.69 Å². The van der Waals surface area contributed by atoms with Crippen molar-refractivity contribution in [2.45, 2.75) is 19.4 Å². The molecule has 0 N–H and O–H groups in total. The molecule has 0 unspecified atom stereocenters. The highest BCUT2D eigenvalue weighted by Gasteiger charge is 2.25. The van der Waals surface area contributed by atoms with E-state index in [1.807, 2.05) is 30.1 Å². The maximum Gasteiger partial charge on any atom is 0.133 e. The molecule has 0 aliphatic rings. The monoisotopic (exact) mass is 234 g/mol. The lowest BCUT2D eigenvalue weighted by Crippen LogP contribution is -2.49. The summed E-state index contributed by atoms with van der Waals surface area (Å²) in [5.41, 5.74) is 1.18. The van der Waals surface area contributed by atoms with E-state index in [4.69, 9.17) is 0 Å². The Labute approximate surface area is 104 Å². The van der Waals surface area contributed by atoms with Gasteiger partial charge in [0.25, 0.3) is 0 Å². The first-order valence-electron chi connectivity index (χ1n) is 5.88. The molecule has 0 saturated heterocycles. The van der Waals surface area contributed by atoms with Gasteiger partial charge in [0.1, 0.15) is 6.29 Å². The number of nitrogens with zero attached hydrogens (tertiary/aromatic N) is 2. The van der Waals surface area contributed by atoms with Crippen molar-refractivity contribution in [3.63, 3.8) is 0 Å². The number of carbonyl (C=O) groups is 1. The van der Waals surface area contributed by atoms with Crippen molar-refractivity contribution < 1.29 is 4.79 Å². The molecule has 1 aromatic rings. The third kappa shape index (κ3) is 3.86. The number of benzene rings is 1. The molecule has 0 amide bonds. The molecule has 0 saturated carbocycles. The molecule has 0 atom stereocenters. The van der Waals surface area contributed by atoms with Crippen molar-refractivity contribution >= 4 is 12.0 Å². The summed E-state index contributed by atoms with van der Waals surface area (Å²) in [4.78, 5) is 14.8. The van der Waals surface area contributed by atoms with Crippen LogP contribution in [-0.2, 0) is 4.79 Å². The Bertz CT molecular complexity index is 348. The highest BCUT2D eigenvalue weighted by molar-refractivity contribution is 5.52. The first kappa shape index (κ1) is 13.7. The molecule has 0 heterocycles. The normalized spacial score (nSPS) is 11.6. The zero-order valence-corrected chi connectivity index (χ0v) is 11.2. The zero-order valence-electron chi connectivity index (χ0n) is 11.2. The molecule has 0 radical (unpaired) electrons. The molecule has 0 aliphatic carbocycles. The molecule has 17 heavy (non-hydrogen) atoms. The highest BCUT2D eigenvalue weighted by Crippen LogP contribution is 2.22. The van der Waals surface area contributed by atoms with Gasteiger partial charge in [0, 0.05) is 24.8 Å². The van der Waals surface area contributed by atoms with Gasteiger partial charge in [-0.05, 0) is 33.0 Å². The lowest BCUT2D eigenvalue weighted by atomic mass is 10.0. The second-order valence-electron chi connectivity index (χ2n) is 5.07. The lowest BCUT2D eigenvalue weighted by Gasteiger charge is -2.39. The van der Waals surface area contributed by atoms with Crippen molar-refractivity contribution in [3.8, 4) is 0 Å². The predicted octanol–water partition coefficient (Wildman–Crippen LogP) is 2.03. The summed E-state index contributed by atoms with van der Waals surface area (Å²) in [6, 6.07) is 10.3. The lowest BCUT2D eigenvalue weighted by molar-refractivity contribution is -0.108. The molecule has 0 aromatic heterocycles. The molecule has 0 aliphatic heterocycles. The largest absolute Gasteiger partial charge is 0.368 e. The summed E-state index contributed by atoms with van der Waals surface area (Å²) in [5, 5.41) is 0. The highest BCUT2D eigenvalue weighted by atomic mass is 16.1. The molecule has 1 aromatic carbocycles. The van der Waals surface area contributed by atoms with Crippen LogP contribution in [-0.4, -0.2) is 43.9 Å². The summed E-state index contributed by atoms with van der Waals surface area (Å²) >= 11 is 0. The van der Waals surface area contributed by atoms with Gasteiger partial charge < -0.3 is 9.69 Å². The summed E-state index contributed by atoms with van der Waals surface area (Å²) in [7, 11) is 4.05. The standard InChI is InChI=1S/C14H22N2O/c1-14(2,12-15(3)10-11-17)16(4)13-8-6-5-7-9-13/h5-9,11H,10,12H2,1-4H3. The molecule has 0 fully saturated rings. The molecule has 3 nitrogen and oxygen atoms in total. The van der Waals surface area contributed by atoms with Gasteiger partial charge in [-0.1, -0.05) is 18.2 Å². The second kappa shape index (κ2) is 5.82. The van der Waals surface area contributed by atoms with Crippen LogP contribution in [0.15, 0.2) is 30.3 Å².